The molecule has 2 aromatic carbocycles. The molecule has 6 amide bonds. The Balaban J connectivity index is 1.87. The predicted octanol–water partition coefficient (Wildman–Crippen LogP) is -0.235. The van der Waals surface area contributed by atoms with E-state index in [4.69, 9.17) is 9.29 Å². The number of hydrogen-bond donors (Lipinski definition) is 7. The SMILES string of the molecule is CC[C@H](C)[C@@H]1NC(=O)[C@H](Cc2ccccc2)N(C)C(=O)C(Cc2ccccc2)N2C(=O)[C@H](CC[C@H]2O)NC(=O)C(CC(C)C)NC(=O)C(NC(=O)[C@H](O)COS(=O)(=O)O)[C@@H](C)OC1=O. The Morgan fingerprint density at radius 1 is 0.859 bits per heavy atom. The van der Waals surface area contributed by atoms with Crippen molar-refractivity contribution in [2.75, 3.05) is 13.7 Å². The van der Waals surface area contributed by atoms with E-state index in [0.29, 0.717) is 17.5 Å². The predicted molar refractivity (Wildman–Crippen MR) is 228 cm³/mol. The Bertz CT molecular complexity index is 2080. The van der Waals surface area contributed by atoms with Gasteiger partial charge in [0.15, 0.2) is 6.10 Å². The van der Waals surface area contributed by atoms with E-state index in [1.165, 1.54) is 14.0 Å². The van der Waals surface area contributed by atoms with E-state index >= 15 is 0 Å². The fourth-order valence-corrected chi connectivity index (χ4v) is 7.83. The van der Waals surface area contributed by atoms with E-state index in [2.05, 4.69) is 25.5 Å². The number of esters is 1. The Labute approximate surface area is 372 Å². The fourth-order valence-electron chi connectivity index (χ4n) is 7.53. The van der Waals surface area contributed by atoms with Gasteiger partial charge in [-0.3, -0.25) is 33.3 Å². The van der Waals surface area contributed by atoms with Crippen molar-refractivity contribution in [1.82, 2.24) is 31.1 Å². The summed E-state index contributed by atoms with van der Waals surface area (Å²) in [6.45, 7) is 6.85. The second kappa shape index (κ2) is 22.9. The topological polar surface area (TPSA) is 287 Å². The highest BCUT2D eigenvalue weighted by molar-refractivity contribution is 7.80. The maximum absolute atomic E-state index is 15.0. The summed E-state index contributed by atoms with van der Waals surface area (Å²) >= 11 is 0. The molecule has 7 N–H and O–H groups in total. The number of aliphatic hydroxyl groups is 2. The molecular formula is C43H60N6O14S. The van der Waals surface area contributed by atoms with Gasteiger partial charge in [0.2, 0.25) is 29.5 Å². The normalized spacial score (nSPS) is 26.7. The molecule has 0 aromatic heterocycles. The van der Waals surface area contributed by atoms with Gasteiger partial charge in [0.1, 0.15) is 55.2 Å². The van der Waals surface area contributed by atoms with Gasteiger partial charge in [0.25, 0.3) is 5.91 Å². The molecule has 352 valence electrons. The van der Waals surface area contributed by atoms with Crippen LogP contribution in [0.15, 0.2) is 60.7 Å². The molecule has 3 unspecified atom stereocenters. The summed E-state index contributed by atoms with van der Waals surface area (Å²) in [5.74, 6) is -7.60. The van der Waals surface area contributed by atoms with E-state index in [-0.39, 0.29) is 38.0 Å². The molecule has 10 atom stereocenters. The fraction of sp³-hybridized carbons (Fsp3) is 0.558. The third kappa shape index (κ3) is 14.0. The lowest BCUT2D eigenvalue weighted by molar-refractivity contribution is -0.165. The molecule has 2 bridgehead atoms. The van der Waals surface area contributed by atoms with E-state index in [1.807, 2.05) is 0 Å². The molecular weight excluding hydrogens is 857 g/mol. The molecule has 0 radical (unpaired) electrons. The molecule has 2 heterocycles. The van der Waals surface area contributed by atoms with Crippen LogP contribution in [-0.2, 0) is 65.7 Å². The van der Waals surface area contributed by atoms with E-state index < -0.39 is 119 Å². The van der Waals surface area contributed by atoms with E-state index in [0.717, 1.165) is 9.80 Å². The number of piperidine rings is 1. The van der Waals surface area contributed by atoms with Crippen LogP contribution < -0.4 is 21.3 Å². The Kier molecular flexibility index (Phi) is 18.3. The number of rotatable bonds is 13. The van der Waals surface area contributed by atoms with Crippen LogP contribution in [0.3, 0.4) is 0 Å². The second-order valence-corrected chi connectivity index (χ2v) is 17.7. The van der Waals surface area contributed by atoms with Crippen LogP contribution >= 0.6 is 0 Å². The summed E-state index contributed by atoms with van der Waals surface area (Å²) in [5, 5.41) is 32.0. The van der Waals surface area contributed by atoms with Crippen molar-refractivity contribution in [3.8, 4) is 0 Å². The maximum atomic E-state index is 15.0. The lowest BCUT2D eigenvalue weighted by Crippen LogP contribution is -2.65. The molecule has 20 nitrogen and oxygen atoms in total. The molecule has 0 aliphatic carbocycles. The van der Waals surface area contributed by atoms with E-state index in [9.17, 15) is 52.2 Å². The van der Waals surface area contributed by atoms with Crippen LogP contribution in [0.25, 0.3) is 0 Å². The van der Waals surface area contributed by atoms with Crippen molar-refractivity contribution < 1.29 is 65.7 Å². The first-order valence-corrected chi connectivity index (χ1v) is 22.5. The van der Waals surface area contributed by atoms with Crippen LogP contribution in [0.1, 0.15) is 71.4 Å². The number of hydrogen-bond acceptors (Lipinski definition) is 13. The Hall–Kier alpha value is -5.48. The molecule has 2 saturated heterocycles. The second-order valence-electron chi connectivity index (χ2n) is 16.6. The standard InChI is InChI=1S/C43H60N6O14S/c1-7-25(4)35-43(58)63-26(5)36(47-39(54)33(50)23-62-64(59,60)61)40(55)45-30(20-24(2)3)37(52)44-29-18-19-34(51)49(41(29)56)32(22-28-16-12-9-13-17-28)42(57)48(6)31(38(53)46-35)21-27-14-10-8-11-15-27/h8-17,24-26,29-36,50-51H,7,18-23H2,1-6H3,(H,44,52)(H,45,55)(H,46,53)(H,47,54)(H,59,60,61)/t25-,26+,29-,30?,31-,32?,33+,34+,35-,36?/m0/s1. The zero-order chi connectivity index (χ0) is 47.5. The molecule has 21 heteroatoms. The highest BCUT2D eigenvalue weighted by Gasteiger charge is 2.46. The first-order chi connectivity index (χ1) is 30.1. The first-order valence-electron chi connectivity index (χ1n) is 21.2. The number of fused-ring (bicyclic) bond motifs is 2. The smallest absolute Gasteiger partial charge is 0.397 e. The largest absolute Gasteiger partial charge is 0.458 e. The monoisotopic (exact) mass is 916 g/mol. The summed E-state index contributed by atoms with van der Waals surface area (Å²) in [6.07, 6.45) is -5.35. The molecule has 2 aliphatic heterocycles. The minimum Gasteiger partial charge on any atom is -0.458 e. The van der Waals surface area contributed by atoms with Gasteiger partial charge in [-0.25, -0.2) is 8.98 Å². The number of carbonyl (C=O) groups is 7. The Morgan fingerprint density at radius 3 is 1.98 bits per heavy atom. The highest BCUT2D eigenvalue weighted by atomic mass is 32.3. The van der Waals surface area contributed by atoms with Crippen LogP contribution in [0, 0.1) is 11.8 Å². The van der Waals surface area contributed by atoms with Crippen LogP contribution in [0.4, 0.5) is 0 Å². The zero-order valence-electron chi connectivity index (χ0n) is 36.7. The van der Waals surface area contributed by atoms with Gasteiger partial charge >= 0.3 is 16.4 Å². The summed E-state index contributed by atoms with van der Waals surface area (Å²) < 4.78 is 41.1. The average Bonchev–Trinajstić information content (AvgIpc) is 3.24. The number of cyclic esters (lactones) is 1. The number of carbonyl (C=O) groups excluding carboxylic acids is 7. The highest BCUT2D eigenvalue weighted by Crippen LogP contribution is 2.25. The lowest BCUT2D eigenvalue weighted by atomic mass is 9.94. The van der Waals surface area contributed by atoms with Gasteiger partial charge < -0.3 is 46.0 Å². The van der Waals surface area contributed by atoms with Gasteiger partial charge in [-0.15, -0.1) is 0 Å². The summed E-state index contributed by atoms with van der Waals surface area (Å²) in [6, 6.07) is 8.76. The van der Waals surface area contributed by atoms with Gasteiger partial charge in [-0.1, -0.05) is 94.8 Å². The van der Waals surface area contributed by atoms with Crippen molar-refractivity contribution in [2.45, 2.75) is 128 Å². The van der Waals surface area contributed by atoms with Crippen LogP contribution in [-0.4, -0.2) is 143 Å². The molecule has 2 fully saturated rings. The number of benzene rings is 2. The minimum atomic E-state index is -5.10. The van der Waals surface area contributed by atoms with Crippen LogP contribution in [0.2, 0.25) is 0 Å². The molecule has 0 spiro atoms. The van der Waals surface area contributed by atoms with Crippen molar-refractivity contribution in [3.05, 3.63) is 71.8 Å². The number of amides is 6. The molecule has 2 aliphatic rings. The van der Waals surface area contributed by atoms with Gasteiger partial charge in [0, 0.05) is 19.9 Å². The third-order valence-corrected chi connectivity index (χ3v) is 11.8. The number of nitrogens with zero attached hydrogens (tertiary/aromatic N) is 2. The molecule has 2 aromatic rings. The van der Waals surface area contributed by atoms with Crippen molar-refractivity contribution in [2.24, 2.45) is 11.8 Å². The average molecular weight is 917 g/mol. The third-order valence-electron chi connectivity index (χ3n) is 11.3. The quantitative estimate of drug-likeness (QED) is 0.101. The number of aliphatic hydroxyl groups excluding tert-OH is 2. The van der Waals surface area contributed by atoms with E-state index in [1.54, 1.807) is 88.4 Å². The zero-order valence-corrected chi connectivity index (χ0v) is 37.5. The summed E-state index contributed by atoms with van der Waals surface area (Å²) in [7, 11) is -3.72. The van der Waals surface area contributed by atoms with Gasteiger partial charge in [-0.05, 0) is 49.1 Å². The lowest BCUT2D eigenvalue weighted by Gasteiger charge is -2.43. The minimum absolute atomic E-state index is 0.0185. The Morgan fingerprint density at radius 2 is 1.44 bits per heavy atom. The summed E-state index contributed by atoms with van der Waals surface area (Å²) in [4.78, 5) is 102. The van der Waals surface area contributed by atoms with Gasteiger partial charge in [-0.2, -0.15) is 8.42 Å². The van der Waals surface area contributed by atoms with Crippen molar-refractivity contribution in [1.29, 1.82) is 0 Å². The number of nitrogens with one attached hydrogen (secondary N) is 4. The maximum Gasteiger partial charge on any atom is 0.397 e. The van der Waals surface area contributed by atoms with Crippen LogP contribution in [0.5, 0.6) is 0 Å². The number of ether oxygens (including phenoxy) is 1. The van der Waals surface area contributed by atoms with Crippen molar-refractivity contribution in [3.63, 3.8) is 0 Å². The molecule has 64 heavy (non-hydrogen) atoms. The van der Waals surface area contributed by atoms with Crippen molar-refractivity contribution >= 4 is 51.8 Å². The number of likely N-dealkylation sites (N-methyl/N-ethyl adjacent to an activating group) is 1. The molecule has 0 saturated carbocycles. The summed E-state index contributed by atoms with van der Waals surface area (Å²) in [5.41, 5.74) is 1.26. The molecule has 4 rings (SSSR count). The first kappa shape index (κ1) is 51.2. The van der Waals surface area contributed by atoms with Gasteiger partial charge in [0.05, 0.1) is 0 Å².